The fourth-order valence-electron chi connectivity index (χ4n) is 2.39. The number of nitrogens with zero attached hydrogens (tertiary/aromatic N) is 2. The number of carbonyl (C=O) groups is 1. The van der Waals surface area contributed by atoms with Gasteiger partial charge in [-0.1, -0.05) is 46.0 Å². The van der Waals surface area contributed by atoms with Gasteiger partial charge in [-0.3, -0.25) is 19.8 Å². The van der Waals surface area contributed by atoms with E-state index in [1.807, 2.05) is 12.1 Å². The maximum Gasteiger partial charge on any atom is 0.270 e. The summed E-state index contributed by atoms with van der Waals surface area (Å²) in [6.07, 6.45) is 1.56. The Morgan fingerprint density at radius 2 is 2.08 bits per heavy atom. The zero-order valence-corrected chi connectivity index (χ0v) is 16.6. The zero-order valence-electron chi connectivity index (χ0n) is 13.3. The number of hydrogen-bond donors (Lipinski definition) is 0. The van der Waals surface area contributed by atoms with Gasteiger partial charge in [-0.15, -0.1) is 0 Å². The molecule has 1 saturated heterocycles. The smallest absolute Gasteiger partial charge is 0.270 e. The molecule has 2 aromatic carbocycles. The van der Waals surface area contributed by atoms with Gasteiger partial charge in [0.05, 0.1) is 22.6 Å². The van der Waals surface area contributed by atoms with Crippen LogP contribution >= 0.6 is 39.9 Å². The Kier molecular flexibility index (Phi) is 5.40. The van der Waals surface area contributed by atoms with E-state index in [4.69, 9.17) is 17.0 Å². The first-order valence-corrected chi connectivity index (χ1v) is 9.28. The van der Waals surface area contributed by atoms with Crippen molar-refractivity contribution in [3.63, 3.8) is 0 Å². The standard InChI is InChI=1S/C17H11BrN2O4S2/c1-24-14-6-5-13(20(22)23)7-10(14)8-15-16(21)19(17(25)26-15)12-4-2-3-11(18)9-12/h2-9H,1H3/b15-8+. The molecule has 26 heavy (non-hydrogen) atoms. The molecule has 1 amide bonds. The molecule has 0 aromatic heterocycles. The molecule has 132 valence electrons. The van der Waals surface area contributed by atoms with E-state index in [-0.39, 0.29) is 11.6 Å². The van der Waals surface area contributed by atoms with Crippen LogP contribution < -0.4 is 9.64 Å². The number of rotatable bonds is 4. The van der Waals surface area contributed by atoms with E-state index in [2.05, 4.69) is 15.9 Å². The van der Waals surface area contributed by atoms with Gasteiger partial charge in [-0.25, -0.2) is 0 Å². The van der Waals surface area contributed by atoms with E-state index in [1.54, 1.807) is 18.2 Å². The molecule has 0 bridgehead atoms. The zero-order chi connectivity index (χ0) is 18.8. The van der Waals surface area contributed by atoms with Gasteiger partial charge in [0.2, 0.25) is 0 Å². The van der Waals surface area contributed by atoms with Crippen molar-refractivity contribution in [2.45, 2.75) is 0 Å². The normalized spacial score (nSPS) is 15.6. The average molecular weight is 451 g/mol. The molecule has 0 N–H and O–H groups in total. The molecule has 0 unspecified atom stereocenters. The fraction of sp³-hybridized carbons (Fsp3) is 0.0588. The van der Waals surface area contributed by atoms with Crippen LogP contribution in [0.2, 0.25) is 0 Å². The van der Waals surface area contributed by atoms with E-state index in [9.17, 15) is 14.9 Å². The van der Waals surface area contributed by atoms with Gasteiger partial charge in [0, 0.05) is 22.2 Å². The molecular formula is C17H11BrN2O4S2. The number of benzene rings is 2. The molecular weight excluding hydrogens is 440 g/mol. The van der Waals surface area contributed by atoms with Gasteiger partial charge in [-0.05, 0) is 30.3 Å². The van der Waals surface area contributed by atoms with E-state index in [1.165, 1.54) is 30.2 Å². The van der Waals surface area contributed by atoms with E-state index in [0.717, 1.165) is 16.2 Å². The maximum absolute atomic E-state index is 12.8. The summed E-state index contributed by atoms with van der Waals surface area (Å²) in [5.41, 5.74) is 1.01. The van der Waals surface area contributed by atoms with Crippen LogP contribution in [0.25, 0.3) is 6.08 Å². The van der Waals surface area contributed by atoms with E-state index in [0.29, 0.717) is 26.2 Å². The Morgan fingerprint density at radius 3 is 2.73 bits per heavy atom. The second-order valence-corrected chi connectivity index (χ2v) is 7.77. The Hall–Kier alpha value is -2.23. The monoisotopic (exact) mass is 450 g/mol. The molecule has 0 radical (unpaired) electrons. The minimum Gasteiger partial charge on any atom is -0.496 e. The maximum atomic E-state index is 12.8. The van der Waals surface area contributed by atoms with Crippen LogP contribution in [0, 0.1) is 10.1 Å². The van der Waals surface area contributed by atoms with Gasteiger partial charge in [0.1, 0.15) is 5.75 Å². The molecule has 9 heteroatoms. The molecule has 1 aliphatic rings. The number of non-ortho nitro benzene ring substituents is 1. The summed E-state index contributed by atoms with van der Waals surface area (Å²) in [6.45, 7) is 0. The molecule has 0 spiro atoms. The highest BCUT2D eigenvalue weighted by atomic mass is 79.9. The first kappa shape index (κ1) is 18.6. The van der Waals surface area contributed by atoms with Gasteiger partial charge < -0.3 is 4.74 Å². The predicted octanol–water partition coefficient (Wildman–Crippen LogP) is 4.77. The Balaban J connectivity index is 2.00. The van der Waals surface area contributed by atoms with Crippen molar-refractivity contribution in [2.24, 2.45) is 0 Å². The van der Waals surface area contributed by atoms with Crippen molar-refractivity contribution in [1.82, 2.24) is 0 Å². The number of methoxy groups -OCH3 is 1. The van der Waals surface area contributed by atoms with Crippen molar-refractivity contribution < 1.29 is 14.5 Å². The van der Waals surface area contributed by atoms with Crippen molar-refractivity contribution in [1.29, 1.82) is 0 Å². The van der Waals surface area contributed by atoms with Crippen LogP contribution in [0.5, 0.6) is 5.75 Å². The number of anilines is 1. The van der Waals surface area contributed by atoms with Crippen molar-refractivity contribution >= 4 is 67.6 Å². The van der Waals surface area contributed by atoms with Gasteiger partial charge in [-0.2, -0.15) is 0 Å². The highest BCUT2D eigenvalue weighted by Gasteiger charge is 2.33. The first-order valence-electron chi connectivity index (χ1n) is 7.26. The molecule has 2 aromatic rings. The molecule has 1 heterocycles. The summed E-state index contributed by atoms with van der Waals surface area (Å²) in [4.78, 5) is 25.1. The molecule has 0 aliphatic carbocycles. The quantitative estimate of drug-likeness (QED) is 0.289. The number of thioether (sulfide) groups is 1. The largest absolute Gasteiger partial charge is 0.496 e. The number of halogens is 1. The number of ether oxygens (including phenoxy) is 1. The topological polar surface area (TPSA) is 72.7 Å². The molecule has 0 atom stereocenters. The highest BCUT2D eigenvalue weighted by Crippen LogP contribution is 2.38. The van der Waals surface area contributed by atoms with Crippen LogP contribution in [0.3, 0.4) is 0 Å². The number of amides is 1. The average Bonchev–Trinajstić information content (AvgIpc) is 2.88. The predicted molar refractivity (Wildman–Crippen MR) is 109 cm³/mol. The van der Waals surface area contributed by atoms with Crippen LogP contribution in [0.1, 0.15) is 5.56 Å². The molecule has 1 aliphatic heterocycles. The second-order valence-electron chi connectivity index (χ2n) is 5.18. The number of nitro benzene ring substituents is 1. The fourth-order valence-corrected chi connectivity index (χ4v) is 4.07. The Labute approximate surface area is 167 Å². The third-order valence-corrected chi connectivity index (χ3v) is 5.37. The lowest BCUT2D eigenvalue weighted by Gasteiger charge is -2.14. The van der Waals surface area contributed by atoms with Crippen molar-refractivity contribution in [3.05, 3.63) is 67.5 Å². The van der Waals surface area contributed by atoms with Crippen LogP contribution in [0.15, 0.2) is 51.8 Å². The van der Waals surface area contributed by atoms with Crippen molar-refractivity contribution in [3.8, 4) is 5.75 Å². The lowest BCUT2D eigenvalue weighted by Crippen LogP contribution is -2.27. The number of hydrogen-bond acceptors (Lipinski definition) is 6. The van der Waals surface area contributed by atoms with Gasteiger partial charge in [0.25, 0.3) is 11.6 Å². The molecule has 1 fully saturated rings. The highest BCUT2D eigenvalue weighted by molar-refractivity contribution is 9.10. The summed E-state index contributed by atoms with van der Waals surface area (Å²) in [7, 11) is 1.46. The van der Waals surface area contributed by atoms with Crippen LogP contribution in [0.4, 0.5) is 11.4 Å². The second kappa shape index (κ2) is 7.56. The molecule has 6 nitrogen and oxygen atoms in total. The Morgan fingerprint density at radius 1 is 1.31 bits per heavy atom. The third-order valence-electron chi connectivity index (χ3n) is 3.57. The lowest BCUT2D eigenvalue weighted by atomic mass is 10.1. The van der Waals surface area contributed by atoms with Gasteiger partial charge in [0.15, 0.2) is 4.32 Å². The molecule has 3 rings (SSSR count). The van der Waals surface area contributed by atoms with Crippen LogP contribution in [-0.2, 0) is 4.79 Å². The minimum absolute atomic E-state index is 0.0838. The van der Waals surface area contributed by atoms with Crippen molar-refractivity contribution in [2.75, 3.05) is 12.0 Å². The summed E-state index contributed by atoms with van der Waals surface area (Å²) < 4.78 is 6.46. The third kappa shape index (κ3) is 3.64. The summed E-state index contributed by atoms with van der Waals surface area (Å²) >= 11 is 9.85. The molecule has 0 saturated carbocycles. The summed E-state index contributed by atoms with van der Waals surface area (Å²) in [5.74, 6) is 0.148. The SMILES string of the molecule is COc1ccc([N+](=O)[O-])cc1/C=C1/SC(=S)N(c2cccc(Br)c2)C1=O. The van der Waals surface area contributed by atoms with Gasteiger partial charge >= 0.3 is 0 Å². The summed E-state index contributed by atoms with van der Waals surface area (Å²) in [5, 5.41) is 11.0. The summed E-state index contributed by atoms with van der Waals surface area (Å²) in [6, 6.07) is 11.5. The Bertz CT molecular complexity index is 962. The minimum atomic E-state index is -0.497. The lowest BCUT2D eigenvalue weighted by molar-refractivity contribution is -0.384. The van der Waals surface area contributed by atoms with E-state index < -0.39 is 4.92 Å². The van der Waals surface area contributed by atoms with Crippen LogP contribution in [-0.4, -0.2) is 22.3 Å². The number of nitro groups is 1. The first-order chi connectivity index (χ1) is 12.4. The number of thiocarbonyl (C=S) groups is 1. The number of carbonyl (C=O) groups excluding carboxylic acids is 1. The van der Waals surface area contributed by atoms with E-state index >= 15 is 0 Å².